The van der Waals surface area contributed by atoms with Crippen molar-refractivity contribution in [1.82, 2.24) is 9.34 Å². The SMILES string of the molecule is CCCCN(CCCC)P(=O)(O)OP(=O)(O)N(CCCC)CCCC. The van der Waals surface area contributed by atoms with Crippen LogP contribution in [0.4, 0.5) is 0 Å². The van der Waals surface area contributed by atoms with Gasteiger partial charge in [0.05, 0.1) is 0 Å². The number of unbranched alkanes of at least 4 members (excludes halogenated alkanes) is 4. The van der Waals surface area contributed by atoms with E-state index in [4.69, 9.17) is 4.31 Å². The van der Waals surface area contributed by atoms with Crippen LogP contribution in [0.2, 0.25) is 0 Å². The van der Waals surface area contributed by atoms with Crippen molar-refractivity contribution in [2.75, 3.05) is 26.2 Å². The smallest absolute Gasteiger partial charge is 0.312 e. The highest BCUT2D eigenvalue weighted by atomic mass is 31.3. The van der Waals surface area contributed by atoms with Gasteiger partial charge in [0.1, 0.15) is 0 Å². The molecule has 0 spiro atoms. The number of hydrogen-bond acceptors (Lipinski definition) is 3. The Hall–Kier alpha value is 0.260. The standard InChI is InChI=1S/C16H38N2O5P2/c1-5-9-13-17(14-10-6-2)24(19,20)23-25(21,22)18(15-11-7-3)16-12-8-4/h5-16H2,1-4H3,(H,19,20)(H,21,22). The van der Waals surface area contributed by atoms with Gasteiger partial charge in [-0.15, -0.1) is 0 Å². The Morgan fingerprint density at radius 1 is 0.640 bits per heavy atom. The van der Waals surface area contributed by atoms with Gasteiger partial charge in [-0.1, -0.05) is 53.4 Å². The van der Waals surface area contributed by atoms with Crippen molar-refractivity contribution < 1.29 is 23.2 Å². The second-order valence-electron chi connectivity index (χ2n) is 6.38. The number of nitrogens with zero attached hydrogens (tertiary/aromatic N) is 2. The maximum absolute atomic E-state index is 12.7. The van der Waals surface area contributed by atoms with Crippen LogP contribution in [-0.2, 0) is 13.4 Å². The highest BCUT2D eigenvalue weighted by Crippen LogP contribution is 2.62. The van der Waals surface area contributed by atoms with Crippen LogP contribution in [0.25, 0.3) is 0 Å². The summed E-state index contributed by atoms with van der Waals surface area (Å²) < 4.78 is 33.1. The Bertz CT molecular complexity index is 383. The fourth-order valence-electron chi connectivity index (χ4n) is 2.33. The average Bonchev–Trinajstić information content (AvgIpc) is 2.53. The van der Waals surface area contributed by atoms with Gasteiger partial charge in [-0.05, 0) is 25.7 Å². The van der Waals surface area contributed by atoms with Crippen molar-refractivity contribution in [2.24, 2.45) is 0 Å². The summed E-state index contributed by atoms with van der Waals surface area (Å²) in [5.74, 6) is 0. The third-order valence-corrected chi connectivity index (χ3v) is 7.94. The van der Waals surface area contributed by atoms with E-state index in [0.717, 1.165) is 51.4 Å². The third kappa shape index (κ3) is 10.2. The minimum atomic E-state index is -4.32. The van der Waals surface area contributed by atoms with E-state index in [1.807, 2.05) is 27.7 Å². The summed E-state index contributed by atoms with van der Waals surface area (Å²) in [6, 6.07) is 0. The summed E-state index contributed by atoms with van der Waals surface area (Å²) in [6.07, 6.45) is 6.45. The van der Waals surface area contributed by atoms with Crippen LogP contribution in [0, 0.1) is 0 Å². The van der Waals surface area contributed by atoms with Gasteiger partial charge in [0, 0.05) is 26.2 Å². The Morgan fingerprint density at radius 3 is 1.08 bits per heavy atom. The van der Waals surface area contributed by atoms with Crippen molar-refractivity contribution in [3.05, 3.63) is 0 Å². The summed E-state index contributed by atoms with van der Waals surface area (Å²) in [4.78, 5) is 20.7. The lowest BCUT2D eigenvalue weighted by Crippen LogP contribution is -2.27. The van der Waals surface area contributed by atoms with Crippen molar-refractivity contribution in [3.8, 4) is 0 Å². The molecule has 0 aliphatic heterocycles. The van der Waals surface area contributed by atoms with Crippen LogP contribution in [0.5, 0.6) is 0 Å². The summed E-state index contributed by atoms with van der Waals surface area (Å²) >= 11 is 0. The van der Waals surface area contributed by atoms with Gasteiger partial charge in [-0.3, -0.25) is 0 Å². The fourth-order valence-corrected chi connectivity index (χ4v) is 5.84. The normalized spacial score (nSPS) is 17.0. The molecule has 152 valence electrons. The predicted molar refractivity (Wildman–Crippen MR) is 104 cm³/mol. The topological polar surface area (TPSA) is 90.3 Å². The zero-order chi connectivity index (χ0) is 19.3. The maximum atomic E-state index is 12.7. The molecule has 25 heavy (non-hydrogen) atoms. The molecule has 7 nitrogen and oxygen atoms in total. The predicted octanol–water partition coefficient (Wildman–Crippen LogP) is 5.01. The van der Waals surface area contributed by atoms with Crippen molar-refractivity contribution >= 4 is 15.5 Å². The van der Waals surface area contributed by atoms with Gasteiger partial charge in [-0.2, -0.15) is 0 Å². The lowest BCUT2D eigenvalue weighted by Gasteiger charge is -2.31. The first kappa shape index (κ1) is 25.3. The molecule has 0 amide bonds. The average molecular weight is 400 g/mol. The van der Waals surface area contributed by atoms with Crippen LogP contribution in [0.15, 0.2) is 0 Å². The summed E-state index contributed by atoms with van der Waals surface area (Å²) in [6.45, 7) is 9.51. The maximum Gasteiger partial charge on any atom is 0.413 e. The van der Waals surface area contributed by atoms with Crippen molar-refractivity contribution in [1.29, 1.82) is 0 Å². The first-order valence-corrected chi connectivity index (χ1v) is 12.7. The van der Waals surface area contributed by atoms with E-state index in [2.05, 4.69) is 0 Å². The second kappa shape index (κ2) is 13.4. The first-order valence-electron chi connectivity index (χ1n) is 9.62. The molecule has 9 heteroatoms. The summed E-state index contributed by atoms with van der Waals surface area (Å²) in [5, 5.41) is 0. The molecule has 2 N–H and O–H groups in total. The van der Waals surface area contributed by atoms with Gasteiger partial charge in [-0.25, -0.2) is 22.8 Å². The van der Waals surface area contributed by atoms with Crippen molar-refractivity contribution in [3.63, 3.8) is 0 Å². The monoisotopic (exact) mass is 400 g/mol. The highest BCUT2D eigenvalue weighted by molar-refractivity contribution is 7.63. The van der Waals surface area contributed by atoms with Gasteiger partial charge in [0.2, 0.25) is 0 Å². The molecule has 0 aromatic heterocycles. The summed E-state index contributed by atoms with van der Waals surface area (Å²) in [5.41, 5.74) is 0. The van der Waals surface area contributed by atoms with Crippen LogP contribution < -0.4 is 0 Å². The molecule has 0 fully saturated rings. The minimum Gasteiger partial charge on any atom is -0.312 e. The largest absolute Gasteiger partial charge is 0.413 e. The second-order valence-corrected chi connectivity index (χ2v) is 10.1. The van der Waals surface area contributed by atoms with E-state index in [9.17, 15) is 18.9 Å². The van der Waals surface area contributed by atoms with E-state index in [-0.39, 0.29) is 0 Å². The first-order chi connectivity index (χ1) is 11.7. The Labute approximate surface area is 153 Å². The molecule has 0 heterocycles. The highest BCUT2D eigenvalue weighted by Gasteiger charge is 2.40. The Balaban J connectivity index is 5.16. The minimum absolute atomic E-state index is 0.383. The zero-order valence-corrected chi connectivity index (χ0v) is 18.2. The Morgan fingerprint density at radius 2 is 0.880 bits per heavy atom. The molecule has 0 aromatic carbocycles. The van der Waals surface area contributed by atoms with E-state index >= 15 is 0 Å². The van der Waals surface area contributed by atoms with E-state index in [0.29, 0.717) is 26.2 Å². The molecular formula is C16H38N2O5P2. The van der Waals surface area contributed by atoms with Gasteiger partial charge in [0.15, 0.2) is 0 Å². The van der Waals surface area contributed by atoms with E-state index in [1.54, 1.807) is 0 Å². The third-order valence-electron chi connectivity index (χ3n) is 4.01. The van der Waals surface area contributed by atoms with Crippen molar-refractivity contribution in [2.45, 2.75) is 79.1 Å². The quantitative estimate of drug-likeness (QED) is 0.352. The fraction of sp³-hybridized carbons (Fsp3) is 1.00. The summed E-state index contributed by atoms with van der Waals surface area (Å²) in [7, 11) is -8.65. The number of hydrogen-bond donors (Lipinski definition) is 2. The van der Waals surface area contributed by atoms with E-state index in [1.165, 1.54) is 9.34 Å². The Kier molecular flexibility index (Phi) is 13.6. The molecule has 2 atom stereocenters. The molecule has 0 aromatic rings. The molecule has 0 bridgehead atoms. The van der Waals surface area contributed by atoms with Crippen LogP contribution in [0.1, 0.15) is 79.1 Å². The molecule has 0 radical (unpaired) electrons. The van der Waals surface area contributed by atoms with Gasteiger partial charge >= 0.3 is 15.5 Å². The van der Waals surface area contributed by atoms with Gasteiger partial charge < -0.3 is 9.79 Å². The molecule has 0 aliphatic carbocycles. The molecule has 2 unspecified atom stereocenters. The molecule has 0 saturated heterocycles. The number of rotatable bonds is 16. The van der Waals surface area contributed by atoms with E-state index < -0.39 is 15.5 Å². The van der Waals surface area contributed by atoms with Gasteiger partial charge in [0.25, 0.3) is 0 Å². The van der Waals surface area contributed by atoms with Crippen LogP contribution in [-0.4, -0.2) is 45.3 Å². The molecular weight excluding hydrogens is 362 g/mol. The lowest BCUT2D eigenvalue weighted by atomic mass is 10.3. The molecule has 0 saturated carbocycles. The zero-order valence-electron chi connectivity index (χ0n) is 16.4. The lowest BCUT2D eigenvalue weighted by molar-refractivity contribution is 0.222. The van der Waals surface area contributed by atoms with Crippen LogP contribution in [0.3, 0.4) is 0 Å². The molecule has 0 rings (SSSR count). The molecule has 0 aliphatic rings. The van der Waals surface area contributed by atoms with Crippen LogP contribution >= 0.6 is 15.5 Å².